The van der Waals surface area contributed by atoms with Crippen LogP contribution in [0, 0.1) is 10.1 Å². The van der Waals surface area contributed by atoms with Gasteiger partial charge >= 0.3 is 5.69 Å². The fourth-order valence-corrected chi connectivity index (χ4v) is 2.41. The topological polar surface area (TPSA) is 55.2 Å². The minimum Gasteiger partial charge on any atom is -0.379 e. The second kappa shape index (κ2) is 5.87. The van der Waals surface area contributed by atoms with Gasteiger partial charge in [-0.25, -0.2) is 0 Å². The Morgan fingerprint density at radius 2 is 2.28 bits per heavy atom. The Balaban J connectivity index is 2.00. The molecule has 2 rings (SSSR count). The molecule has 0 radical (unpaired) electrons. The molecule has 1 aromatic carbocycles. The summed E-state index contributed by atoms with van der Waals surface area (Å²) in [4.78, 5) is 10.5. The van der Waals surface area contributed by atoms with Crippen molar-refractivity contribution in [3.63, 3.8) is 0 Å². The summed E-state index contributed by atoms with van der Waals surface area (Å²) in [6, 6.07) is 4.93. The van der Waals surface area contributed by atoms with Crippen LogP contribution in [0.25, 0.3) is 0 Å². The third-order valence-electron chi connectivity index (χ3n) is 3.07. The van der Waals surface area contributed by atoms with Crippen LogP contribution in [-0.2, 0) is 0 Å². The molecule has 0 bridgehead atoms. The Labute approximate surface area is 111 Å². The maximum Gasteiger partial charge on any atom is 0.310 e. The minimum atomic E-state index is -0.445. The maximum atomic E-state index is 10.9. The van der Waals surface area contributed by atoms with E-state index in [1.807, 2.05) is 0 Å². The van der Waals surface area contributed by atoms with Crippen molar-refractivity contribution in [1.29, 1.82) is 0 Å². The Morgan fingerprint density at radius 1 is 1.44 bits per heavy atom. The molecule has 1 N–H and O–H groups in total. The minimum absolute atomic E-state index is 0.0421. The van der Waals surface area contributed by atoms with Gasteiger partial charge in [-0.05, 0) is 37.8 Å². The molecular weight excluding hydrogens is 252 g/mol. The number of allylic oxidation sites excluding steroid dienone is 1. The number of nitro groups is 1. The molecule has 0 amide bonds. The molecule has 1 aliphatic carbocycles. The molecular formula is C13H15ClN2O2. The molecule has 0 aromatic heterocycles. The van der Waals surface area contributed by atoms with Crippen LogP contribution in [0.5, 0.6) is 0 Å². The van der Waals surface area contributed by atoms with E-state index in [2.05, 4.69) is 11.4 Å². The fraction of sp³-hybridized carbons (Fsp3) is 0.385. The van der Waals surface area contributed by atoms with Gasteiger partial charge in [0.05, 0.1) is 4.92 Å². The van der Waals surface area contributed by atoms with Crippen LogP contribution >= 0.6 is 11.6 Å². The van der Waals surface area contributed by atoms with Gasteiger partial charge in [-0.3, -0.25) is 10.1 Å². The van der Waals surface area contributed by atoms with Crippen LogP contribution in [0.1, 0.15) is 25.7 Å². The molecule has 1 aromatic rings. The van der Waals surface area contributed by atoms with Gasteiger partial charge < -0.3 is 5.32 Å². The van der Waals surface area contributed by atoms with Crippen molar-refractivity contribution < 1.29 is 4.92 Å². The summed E-state index contributed by atoms with van der Waals surface area (Å²) < 4.78 is 0. The van der Waals surface area contributed by atoms with Crippen LogP contribution in [0.3, 0.4) is 0 Å². The highest BCUT2D eigenvalue weighted by Gasteiger charge is 2.17. The predicted molar refractivity (Wildman–Crippen MR) is 73.1 cm³/mol. The first kappa shape index (κ1) is 12.9. The van der Waals surface area contributed by atoms with Crippen molar-refractivity contribution in [3.05, 3.63) is 45.0 Å². The van der Waals surface area contributed by atoms with Gasteiger partial charge in [0.25, 0.3) is 0 Å². The molecule has 0 saturated carbocycles. The highest BCUT2D eigenvalue weighted by Crippen LogP contribution is 2.32. The van der Waals surface area contributed by atoms with E-state index in [0.29, 0.717) is 12.2 Å². The summed E-state index contributed by atoms with van der Waals surface area (Å²) in [7, 11) is 0. The average molecular weight is 267 g/mol. The molecule has 96 valence electrons. The van der Waals surface area contributed by atoms with Crippen LogP contribution in [0.4, 0.5) is 11.4 Å². The standard InChI is InChI=1S/C13H15ClN2O2/c14-11-6-3-7-12(13(11)16(17)18)15-9-8-10-4-1-2-5-10/h3-4,6-7,15H,1-2,5,8-9H2. The molecule has 0 unspecified atom stereocenters. The third-order valence-corrected chi connectivity index (χ3v) is 3.37. The summed E-state index contributed by atoms with van der Waals surface area (Å²) in [6.07, 6.45) is 6.73. The van der Waals surface area contributed by atoms with Crippen molar-refractivity contribution in [2.45, 2.75) is 25.7 Å². The summed E-state index contributed by atoms with van der Waals surface area (Å²) >= 11 is 5.84. The largest absolute Gasteiger partial charge is 0.379 e. The van der Waals surface area contributed by atoms with Gasteiger partial charge in [0.2, 0.25) is 0 Å². The van der Waals surface area contributed by atoms with Gasteiger partial charge in [-0.2, -0.15) is 0 Å². The smallest absolute Gasteiger partial charge is 0.310 e. The van der Waals surface area contributed by atoms with E-state index in [1.54, 1.807) is 12.1 Å². The van der Waals surface area contributed by atoms with Gasteiger partial charge in [0.15, 0.2) is 0 Å². The summed E-state index contributed by atoms with van der Waals surface area (Å²) in [5.74, 6) is 0. The van der Waals surface area contributed by atoms with E-state index in [1.165, 1.54) is 18.1 Å². The average Bonchev–Trinajstić information content (AvgIpc) is 2.81. The number of nitrogens with one attached hydrogen (secondary N) is 1. The van der Waals surface area contributed by atoms with Crippen LogP contribution < -0.4 is 5.32 Å². The van der Waals surface area contributed by atoms with Gasteiger partial charge in [-0.1, -0.05) is 29.3 Å². The molecule has 0 aliphatic heterocycles. The Kier molecular flexibility index (Phi) is 4.20. The molecule has 1 aliphatic rings. The number of halogens is 1. The van der Waals surface area contributed by atoms with E-state index < -0.39 is 4.92 Å². The van der Waals surface area contributed by atoms with Crippen LogP contribution in [0.2, 0.25) is 5.02 Å². The second-order valence-corrected chi connectivity index (χ2v) is 4.73. The maximum absolute atomic E-state index is 10.9. The molecule has 5 heteroatoms. The molecule has 0 heterocycles. The zero-order valence-corrected chi connectivity index (χ0v) is 10.7. The number of anilines is 1. The van der Waals surface area contributed by atoms with Crippen molar-refractivity contribution in [3.8, 4) is 0 Å². The van der Waals surface area contributed by atoms with E-state index in [0.717, 1.165) is 19.3 Å². The molecule has 18 heavy (non-hydrogen) atoms. The predicted octanol–water partition coefficient (Wildman–Crippen LogP) is 4.16. The molecule has 0 spiro atoms. The number of para-hydroxylation sites is 1. The van der Waals surface area contributed by atoms with Crippen molar-refractivity contribution in [1.82, 2.24) is 0 Å². The number of benzene rings is 1. The van der Waals surface area contributed by atoms with Gasteiger partial charge in [0.1, 0.15) is 10.7 Å². The lowest BCUT2D eigenvalue weighted by atomic mass is 10.1. The molecule has 0 atom stereocenters. The fourth-order valence-electron chi connectivity index (χ4n) is 2.17. The highest BCUT2D eigenvalue weighted by atomic mass is 35.5. The lowest BCUT2D eigenvalue weighted by Gasteiger charge is -2.08. The first-order valence-electron chi connectivity index (χ1n) is 6.03. The number of rotatable bonds is 5. The number of nitro benzene ring substituents is 1. The first-order valence-corrected chi connectivity index (χ1v) is 6.41. The number of hydrogen-bond donors (Lipinski definition) is 1. The quantitative estimate of drug-likeness (QED) is 0.495. The van der Waals surface area contributed by atoms with Crippen molar-refractivity contribution in [2.75, 3.05) is 11.9 Å². The third kappa shape index (κ3) is 3.01. The van der Waals surface area contributed by atoms with E-state index in [4.69, 9.17) is 11.6 Å². The molecule has 4 nitrogen and oxygen atoms in total. The molecule has 0 fully saturated rings. The first-order chi connectivity index (χ1) is 8.68. The second-order valence-electron chi connectivity index (χ2n) is 4.32. The summed E-state index contributed by atoms with van der Waals surface area (Å²) in [5.41, 5.74) is 1.89. The zero-order chi connectivity index (χ0) is 13.0. The van der Waals surface area contributed by atoms with Crippen molar-refractivity contribution in [2.24, 2.45) is 0 Å². The van der Waals surface area contributed by atoms with E-state index >= 15 is 0 Å². The van der Waals surface area contributed by atoms with Crippen molar-refractivity contribution >= 4 is 23.0 Å². The highest BCUT2D eigenvalue weighted by molar-refractivity contribution is 6.33. The Hall–Kier alpha value is -1.55. The summed E-state index contributed by atoms with van der Waals surface area (Å²) in [5, 5.41) is 14.2. The molecule has 0 saturated heterocycles. The van der Waals surface area contributed by atoms with Gasteiger partial charge in [-0.15, -0.1) is 0 Å². The number of nitrogens with zero attached hydrogens (tertiary/aromatic N) is 1. The Morgan fingerprint density at radius 3 is 2.94 bits per heavy atom. The lowest BCUT2D eigenvalue weighted by Crippen LogP contribution is -2.05. The van der Waals surface area contributed by atoms with E-state index in [-0.39, 0.29) is 10.7 Å². The van der Waals surface area contributed by atoms with Gasteiger partial charge in [0, 0.05) is 6.54 Å². The lowest BCUT2D eigenvalue weighted by molar-refractivity contribution is -0.383. The number of hydrogen-bond acceptors (Lipinski definition) is 3. The summed E-state index contributed by atoms with van der Waals surface area (Å²) in [6.45, 7) is 0.701. The van der Waals surface area contributed by atoms with Crippen LogP contribution in [0.15, 0.2) is 29.8 Å². The van der Waals surface area contributed by atoms with Crippen LogP contribution in [-0.4, -0.2) is 11.5 Å². The monoisotopic (exact) mass is 266 g/mol. The zero-order valence-electron chi connectivity index (χ0n) is 9.99. The SMILES string of the molecule is O=[N+]([O-])c1c(Cl)cccc1NCCC1=CCCC1. The van der Waals surface area contributed by atoms with E-state index in [9.17, 15) is 10.1 Å². The Bertz CT molecular complexity index is 486. The normalized spacial score (nSPS) is 14.4.